The third-order valence-electron chi connectivity index (χ3n) is 1.45. The van der Waals surface area contributed by atoms with E-state index in [1.807, 2.05) is 0 Å². The van der Waals surface area contributed by atoms with Gasteiger partial charge in [0, 0.05) is 17.0 Å². The molecule has 1 aromatic rings. The van der Waals surface area contributed by atoms with Gasteiger partial charge in [0.1, 0.15) is 0 Å². The van der Waals surface area contributed by atoms with Gasteiger partial charge in [0.05, 0.1) is 17.1 Å². The van der Waals surface area contributed by atoms with Gasteiger partial charge in [0.2, 0.25) is 0 Å². The lowest BCUT2D eigenvalue weighted by Crippen LogP contribution is -1.88. The van der Waals surface area contributed by atoms with Gasteiger partial charge in [-0.15, -0.1) is 0 Å². The summed E-state index contributed by atoms with van der Waals surface area (Å²) in [6.45, 7) is 1.63. The van der Waals surface area contributed by atoms with E-state index in [1.54, 1.807) is 6.92 Å². The molecule has 3 nitrogen and oxygen atoms in total. The first kappa shape index (κ1) is 8.99. The minimum absolute atomic E-state index is 0.00898. The molecule has 0 bridgehead atoms. The quantitative estimate of drug-likeness (QED) is 0.528. The minimum atomic E-state index is -0.500. The standard InChI is InChI=1S/C7H6FNO2S/c1-5-4-6(9(10)11)2-3-7(5)12-8/h2-4H,1H3. The normalized spacial score (nSPS) is 9.83. The maximum atomic E-state index is 12.1. The summed E-state index contributed by atoms with van der Waals surface area (Å²) in [5.74, 6) is 0. The highest BCUT2D eigenvalue weighted by atomic mass is 32.2. The summed E-state index contributed by atoms with van der Waals surface area (Å²) in [5, 5.41) is 10.3. The van der Waals surface area contributed by atoms with E-state index in [4.69, 9.17) is 0 Å². The van der Waals surface area contributed by atoms with Crippen LogP contribution in [0.25, 0.3) is 0 Å². The average Bonchev–Trinajstić information content (AvgIpc) is 2.04. The molecule has 0 fully saturated rings. The van der Waals surface area contributed by atoms with Gasteiger partial charge in [-0.25, -0.2) is 0 Å². The van der Waals surface area contributed by atoms with Gasteiger partial charge >= 0.3 is 0 Å². The van der Waals surface area contributed by atoms with Crippen LogP contribution in [0.15, 0.2) is 23.1 Å². The SMILES string of the molecule is Cc1cc([N+](=O)[O-])ccc1SF. The summed E-state index contributed by atoms with van der Waals surface area (Å²) < 4.78 is 12.1. The van der Waals surface area contributed by atoms with Gasteiger partial charge in [-0.1, -0.05) is 0 Å². The molecule has 0 aliphatic heterocycles. The lowest BCUT2D eigenvalue weighted by molar-refractivity contribution is -0.385. The number of hydrogen-bond donors (Lipinski definition) is 0. The summed E-state index contributed by atoms with van der Waals surface area (Å²) in [4.78, 5) is 10.2. The Kier molecular flexibility index (Phi) is 2.65. The second-order valence-electron chi connectivity index (χ2n) is 2.28. The van der Waals surface area contributed by atoms with Crippen molar-refractivity contribution >= 4 is 17.8 Å². The predicted octanol–water partition coefficient (Wildman–Crippen LogP) is 2.88. The fraction of sp³-hybridized carbons (Fsp3) is 0.143. The molecule has 5 heteroatoms. The molecule has 0 atom stereocenters. The second-order valence-corrected chi connectivity index (χ2v) is 2.88. The first-order valence-electron chi connectivity index (χ1n) is 3.19. The van der Waals surface area contributed by atoms with Crippen molar-refractivity contribution in [3.63, 3.8) is 0 Å². The molecule has 0 saturated heterocycles. The molecule has 12 heavy (non-hydrogen) atoms. The maximum Gasteiger partial charge on any atom is 0.269 e. The van der Waals surface area contributed by atoms with Crippen LogP contribution in [0.1, 0.15) is 5.56 Å². The molecular formula is C7H6FNO2S. The summed E-state index contributed by atoms with van der Waals surface area (Å²) in [6, 6.07) is 4.04. The summed E-state index contributed by atoms with van der Waals surface area (Å²) in [7, 11) is 0. The number of hydrogen-bond acceptors (Lipinski definition) is 3. The first-order valence-corrected chi connectivity index (χ1v) is 3.90. The van der Waals surface area contributed by atoms with Crippen LogP contribution in [0.4, 0.5) is 9.57 Å². The molecule has 0 aliphatic carbocycles. The molecule has 0 N–H and O–H groups in total. The van der Waals surface area contributed by atoms with Gasteiger partial charge < -0.3 is 0 Å². The monoisotopic (exact) mass is 187 g/mol. The maximum absolute atomic E-state index is 12.1. The number of nitro benzene ring substituents is 1. The van der Waals surface area contributed by atoms with Crippen molar-refractivity contribution in [2.24, 2.45) is 0 Å². The number of non-ortho nitro benzene ring substituents is 1. The van der Waals surface area contributed by atoms with Crippen molar-refractivity contribution in [2.75, 3.05) is 0 Å². The topological polar surface area (TPSA) is 43.1 Å². The Hall–Kier alpha value is -1.10. The van der Waals surface area contributed by atoms with Gasteiger partial charge in [0.15, 0.2) is 0 Å². The Labute approximate surface area is 73.0 Å². The Morgan fingerprint density at radius 2 is 2.25 bits per heavy atom. The molecule has 0 radical (unpaired) electrons. The highest BCUT2D eigenvalue weighted by molar-refractivity contribution is 7.94. The van der Waals surface area contributed by atoms with Crippen molar-refractivity contribution in [1.82, 2.24) is 0 Å². The number of halogens is 1. The van der Waals surface area contributed by atoms with Gasteiger partial charge in [-0.05, 0) is 18.6 Å². The predicted molar refractivity (Wildman–Crippen MR) is 44.8 cm³/mol. The molecule has 0 heterocycles. The summed E-state index contributed by atoms with van der Waals surface area (Å²) in [6.07, 6.45) is 0. The zero-order valence-corrected chi connectivity index (χ0v) is 7.10. The van der Waals surface area contributed by atoms with E-state index in [0.717, 1.165) is 0 Å². The van der Waals surface area contributed by atoms with Crippen LogP contribution in [0, 0.1) is 17.0 Å². The van der Waals surface area contributed by atoms with E-state index in [-0.39, 0.29) is 17.8 Å². The van der Waals surface area contributed by atoms with Crippen LogP contribution in [-0.2, 0) is 0 Å². The van der Waals surface area contributed by atoms with Crippen molar-refractivity contribution in [1.29, 1.82) is 0 Å². The third kappa shape index (κ3) is 1.73. The van der Waals surface area contributed by atoms with Crippen molar-refractivity contribution < 1.29 is 8.81 Å². The summed E-state index contributed by atoms with van der Waals surface area (Å²) >= 11 is 0.0932. The molecule has 1 rings (SSSR count). The summed E-state index contributed by atoms with van der Waals surface area (Å²) in [5.41, 5.74) is 0.571. The highest BCUT2D eigenvalue weighted by Crippen LogP contribution is 2.26. The largest absolute Gasteiger partial charge is 0.269 e. The van der Waals surface area contributed by atoms with E-state index < -0.39 is 4.92 Å². The smallest absolute Gasteiger partial charge is 0.258 e. The van der Waals surface area contributed by atoms with Gasteiger partial charge in [-0.3, -0.25) is 10.1 Å². The number of nitrogens with zero attached hydrogens (tertiary/aromatic N) is 1. The highest BCUT2D eigenvalue weighted by Gasteiger charge is 2.07. The van der Waals surface area contributed by atoms with Crippen LogP contribution in [0.2, 0.25) is 0 Å². The molecule has 0 amide bonds. The van der Waals surface area contributed by atoms with Crippen LogP contribution in [0.3, 0.4) is 0 Å². The van der Waals surface area contributed by atoms with Crippen molar-refractivity contribution in [3.8, 4) is 0 Å². The lowest BCUT2D eigenvalue weighted by atomic mass is 10.2. The molecule has 1 aromatic carbocycles. The first-order chi connectivity index (χ1) is 5.65. The van der Waals surface area contributed by atoms with Gasteiger partial charge in [0.25, 0.3) is 5.69 Å². The second kappa shape index (κ2) is 3.53. The Morgan fingerprint density at radius 1 is 1.58 bits per heavy atom. The molecule has 0 aromatic heterocycles. The number of aryl methyl sites for hydroxylation is 1. The fourth-order valence-corrected chi connectivity index (χ4v) is 1.13. The van der Waals surface area contributed by atoms with Crippen LogP contribution < -0.4 is 0 Å². The van der Waals surface area contributed by atoms with E-state index in [0.29, 0.717) is 10.5 Å². The van der Waals surface area contributed by atoms with E-state index in [1.165, 1.54) is 18.2 Å². The number of benzene rings is 1. The zero-order valence-electron chi connectivity index (χ0n) is 6.28. The zero-order chi connectivity index (χ0) is 9.14. The number of rotatable bonds is 2. The van der Waals surface area contributed by atoms with Crippen molar-refractivity contribution in [3.05, 3.63) is 33.9 Å². The van der Waals surface area contributed by atoms with Crippen LogP contribution >= 0.6 is 12.1 Å². The molecule has 64 valence electrons. The van der Waals surface area contributed by atoms with E-state index >= 15 is 0 Å². The van der Waals surface area contributed by atoms with E-state index in [9.17, 15) is 14.0 Å². The fourth-order valence-electron chi connectivity index (χ4n) is 0.834. The molecule has 0 spiro atoms. The van der Waals surface area contributed by atoms with Gasteiger partial charge in [-0.2, -0.15) is 3.89 Å². The van der Waals surface area contributed by atoms with E-state index in [2.05, 4.69) is 0 Å². The average molecular weight is 187 g/mol. The van der Waals surface area contributed by atoms with Crippen LogP contribution in [0.5, 0.6) is 0 Å². The third-order valence-corrected chi connectivity index (χ3v) is 2.08. The molecule has 0 aliphatic rings. The Balaban J connectivity index is 3.10. The Morgan fingerprint density at radius 3 is 2.67 bits per heavy atom. The van der Waals surface area contributed by atoms with Crippen molar-refractivity contribution in [2.45, 2.75) is 11.8 Å². The molecular weight excluding hydrogens is 181 g/mol. The lowest BCUT2D eigenvalue weighted by Gasteiger charge is -1.97. The molecule has 0 unspecified atom stereocenters. The molecule has 0 saturated carbocycles. The Bertz CT molecular complexity index is 316. The number of nitro groups is 1. The van der Waals surface area contributed by atoms with Crippen LogP contribution in [-0.4, -0.2) is 4.92 Å². The minimum Gasteiger partial charge on any atom is -0.258 e.